The number of carbonyl (C=O) groups excluding carboxylic acids is 2. The standard InChI is InChI=1S/C32H44O2/c1-3-5-7-8-9-10-25-12-14-26(15-13-25)27-16-18-28(19-17-27)29-20-22-30(23-21-29)32(34)24-31(33)11-6-4-2/h16-23,25-26H,3-15,24H2,1-2H3. The van der Waals surface area contributed by atoms with Crippen LogP contribution in [0.15, 0.2) is 48.5 Å². The van der Waals surface area contributed by atoms with Crippen LogP contribution < -0.4 is 0 Å². The van der Waals surface area contributed by atoms with Crippen LogP contribution >= 0.6 is 0 Å². The van der Waals surface area contributed by atoms with E-state index in [1.807, 2.05) is 24.3 Å². The molecule has 1 saturated carbocycles. The van der Waals surface area contributed by atoms with Gasteiger partial charge in [0, 0.05) is 12.0 Å². The third-order valence-corrected chi connectivity index (χ3v) is 7.65. The number of hydrogen-bond acceptors (Lipinski definition) is 2. The van der Waals surface area contributed by atoms with Crippen LogP contribution in [-0.2, 0) is 4.79 Å². The molecule has 1 fully saturated rings. The Bertz CT molecular complexity index is 870. The van der Waals surface area contributed by atoms with Gasteiger partial charge in [-0.1, -0.05) is 107 Å². The van der Waals surface area contributed by atoms with Gasteiger partial charge in [0.1, 0.15) is 5.78 Å². The molecule has 0 bridgehead atoms. The number of rotatable bonds is 14. The fourth-order valence-corrected chi connectivity index (χ4v) is 5.36. The van der Waals surface area contributed by atoms with Crippen molar-refractivity contribution in [3.63, 3.8) is 0 Å². The minimum Gasteiger partial charge on any atom is -0.299 e. The monoisotopic (exact) mass is 460 g/mol. The van der Waals surface area contributed by atoms with Gasteiger partial charge in [-0.2, -0.15) is 0 Å². The van der Waals surface area contributed by atoms with Crippen molar-refractivity contribution in [3.05, 3.63) is 59.7 Å². The molecule has 0 aliphatic heterocycles. The number of benzene rings is 2. The number of Topliss-reactive ketones (excluding diaryl/α,β-unsaturated/α-hetero) is 2. The van der Waals surface area contributed by atoms with Crippen LogP contribution in [-0.4, -0.2) is 11.6 Å². The molecular formula is C32H44O2. The van der Waals surface area contributed by atoms with Crippen LogP contribution in [0.25, 0.3) is 11.1 Å². The number of hydrogen-bond donors (Lipinski definition) is 0. The Morgan fingerprint density at radius 1 is 0.706 bits per heavy atom. The van der Waals surface area contributed by atoms with Gasteiger partial charge >= 0.3 is 0 Å². The molecule has 0 heterocycles. The van der Waals surface area contributed by atoms with Gasteiger partial charge in [0.2, 0.25) is 0 Å². The van der Waals surface area contributed by atoms with E-state index in [9.17, 15) is 9.59 Å². The highest BCUT2D eigenvalue weighted by Gasteiger charge is 2.22. The maximum Gasteiger partial charge on any atom is 0.170 e. The summed E-state index contributed by atoms with van der Waals surface area (Å²) in [5.74, 6) is 1.63. The summed E-state index contributed by atoms with van der Waals surface area (Å²) in [6.07, 6.45) is 16.2. The molecule has 2 nitrogen and oxygen atoms in total. The Morgan fingerprint density at radius 2 is 1.29 bits per heavy atom. The summed E-state index contributed by atoms with van der Waals surface area (Å²) < 4.78 is 0. The molecule has 2 aromatic carbocycles. The van der Waals surface area contributed by atoms with Crippen LogP contribution in [0.4, 0.5) is 0 Å². The van der Waals surface area contributed by atoms with E-state index in [1.54, 1.807) is 0 Å². The van der Waals surface area contributed by atoms with Gasteiger partial charge in [-0.05, 0) is 60.6 Å². The Balaban J connectivity index is 1.47. The molecule has 2 heteroatoms. The third kappa shape index (κ3) is 8.22. The lowest BCUT2D eigenvalue weighted by Crippen LogP contribution is -2.13. The SMILES string of the molecule is CCCCCCCC1CCC(c2ccc(-c3ccc(C(=O)CC(=O)CCCC)cc3)cc2)CC1. The molecule has 0 spiro atoms. The minimum atomic E-state index is -0.0698. The van der Waals surface area contributed by atoms with Gasteiger partial charge in [0.15, 0.2) is 5.78 Å². The number of carbonyl (C=O) groups is 2. The van der Waals surface area contributed by atoms with E-state index < -0.39 is 0 Å². The van der Waals surface area contributed by atoms with Gasteiger partial charge in [-0.15, -0.1) is 0 Å². The first-order valence-corrected chi connectivity index (χ1v) is 13.9. The van der Waals surface area contributed by atoms with Gasteiger partial charge in [-0.25, -0.2) is 0 Å². The summed E-state index contributed by atoms with van der Waals surface area (Å²) >= 11 is 0. The summed E-state index contributed by atoms with van der Waals surface area (Å²) in [5, 5.41) is 0. The second kappa shape index (κ2) is 14.2. The molecule has 0 saturated heterocycles. The number of ketones is 2. The summed E-state index contributed by atoms with van der Waals surface area (Å²) in [4.78, 5) is 24.3. The highest BCUT2D eigenvalue weighted by molar-refractivity contribution is 6.08. The molecule has 3 rings (SSSR count). The van der Waals surface area contributed by atoms with Crippen molar-refractivity contribution in [1.29, 1.82) is 0 Å². The topological polar surface area (TPSA) is 34.1 Å². The zero-order valence-corrected chi connectivity index (χ0v) is 21.5. The molecular weight excluding hydrogens is 416 g/mol. The molecule has 0 N–H and O–H groups in total. The first-order chi connectivity index (χ1) is 16.6. The molecule has 1 aliphatic rings. The lowest BCUT2D eigenvalue weighted by Gasteiger charge is -2.29. The van der Waals surface area contributed by atoms with Gasteiger partial charge in [-0.3, -0.25) is 9.59 Å². The summed E-state index contributed by atoms with van der Waals surface area (Å²) in [7, 11) is 0. The lowest BCUT2D eigenvalue weighted by molar-refractivity contribution is -0.118. The lowest BCUT2D eigenvalue weighted by atomic mass is 9.77. The van der Waals surface area contributed by atoms with Crippen LogP contribution in [0.1, 0.15) is 126 Å². The molecule has 0 amide bonds. The predicted octanol–water partition coefficient (Wildman–Crippen LogP) is 9.32. The minimum absolute atomic E-state index is 0.0230. The van der Waals surface area contributed by atoms with Crippen molar-refractivity contribution in [3.8, 4) is 11.1 Å². The van der Waals surface area contributed by atoms with Crippen molar-refractivity contribution < 1.29 is 9.59 Å². The highest BCUT2D eigenvalue weighted by Crippen LogP contribution is 2.38. The highest BCUT2D eigenvalue weighted by atomic mass is 16.1. The quantitative estimate of drug-likeness (QED) is 0.160. The zero-order valence-electron chi connectivity index (χ0n) is 21.5. The zero-order chi connectivity index (χ0) is 24.2. The van der Waals surface area contributed by atoms with Crippen molar-refractivity contribution >= 4 is 11.6 Å². The van der Waals surface area contributed by atoms with Gasteiger partial charge < -0.3 is 0 Å². The van der Waals surface area contributed by atoms with Crippen molar-refractivity contribution in [2.45, 2.75) is 110 Å². The van der Waals surface area contributed by atoms with Gasteiger partial charge in [0.05, 0.1) is 6.42 Å². The first-order valence-electron chi connectivity index (χ1n) is 13.9. The number of unbranched alkanes of at least 4 members (excludes halogenated alkanes) is 5. The fourth-order valence-electron chi connectivity index (χ4n) is 5.36. The largest absolute Gasteiger partial charge is 0.299 e. The molecule has 0 unspecified atom stereocenters. The van der Waals surface area contributed by atoms with E-state index in [-0.39, 0.29) is 18.0 Å². The van der Waals surface area contributed by atoms with Crippen molar-refractivity contribution in [2.75, 3.05) is 0 Å². The predicted molar refractivity (Wildman–Crippen MR) is 143 cm³/mol. The molecule has 1 aliphatic carbocycles. The van der Waals surface area contributed by atoms with E-state index in [2.05, 4.69) is 38.1 Å². The molecule has 0 atom stereocenters. The summed E-state index contributed by atoms with van der Waals surface area (Å²) in [6, 6.07) is 16.8. The smallest absolute Gasteiger partial charge is 0.170 e. The Morgan fingerprint density at radius 3 is 1.91 bits per heavy atom. The maximum atomic E-state index is 12.4. The third-order valence-electron chi connectivity index (χ3n) is 7.65. The summed E-state index contributed by atoms with van der Waals surface area (Å²) in [6.45, 7) is 4.34. The Hall–Kier alpha value is -2.22. The van der Waals surface area contributed by atoms with Crippen LogP contribution in [0.5, 0.6) is 0 Å². The molecule has 184 valence electrons. The second-order valence-electron chi connectivity index (χ2n) is 10.4. The van der Waals surface area contributed by atoms with Crippen molar-refractivity contribution in [1.82, 2.24) is 0 Å². The molecule has 2 aromatic rings. The maximum absolute atomic E-state index is 12.4. The summed E-state index contributed by atoms with van der Waals surface area (Å²) in [5.41, 5.74) is 4.41. The van der Waals surface area contributed by atoms with Crippen molar-refractivity contribution in [2.24, 2.45) is 5.92 Å². The fraction of sp³-hybridized carbons (Fsp3) is 0.562. The average Bonchev–Trinajstić information content (AvgIpc) is 2.88. The normalized spacial score (nSPS) is 18.1. The first kappa shape index (κ1) is 26.4. The Labute approximate surface area is 207 Å². The van der Waals surface area contributed by atoms with E-state index in [4.69, 9.17) is 0 Å². The second-order valence-corrected chi connectivity index (χ2v) is 10.4. The van der Waals surface area contributed by atoms with E-state index in [0.29, 0.717) is 17.9 Å². The molecule has 0 aromatic heterocycles. The molecule has 0 radical (unpaired) electrons. The Kier molecular flexibility index (Phi) is 11.1. The van der Waals surface area contributed by atoms with Crippen LogP contribution in [0.2, 0.25) is 0 Å². The van der Waals surface area contributed by atoms with E-state index in [0.717, 1.165) is 24.3 Å². The van der Waals surface area contributed by atoms with Gasteiger partial charge in [0.25, 0.3) is 0 Å². The van der Waals surface area contributed by atoms with E-state index >= 15 is 0 Å². The van der Waals surface area contributed by atoms with Crippen LogP contribution in [0, 0.1) is 5.92 Å². The average molecular weight is 461 g/mol. The molecule has 34 heavy (non-hydrogen) atoms. The van der Waals surface area contributed by atoms with Crippen LogP contribution in [0.3, 0.4) is 0 Å². The van der Waals surface area contributed by atoms with E-state index in [1.165, 1.54) is 75.3 Å².